The molecule has 2 aromatic heterocycles. The number of anilines is 1. The number of ether oxygens (including phenoxy) is 1. The summed E-state index contributed by atoms with van der Waals surface area (Å²) in [7, 11) is 0. The van der Waals surface area contributed by atoms with Crippen LogP contribution in [-0.2, 0) is 4.74 Å². The van der Waals surface area contributed by atoms with E-state index in [1.807, 2.05) is 33.8 Å². The van der Waals surface area contributed by atoms with Crippen molar-refractivity contribution in [2.24, 2.45) is 0 Å². The summed E-state index contributed by atoms with van der Waals surface area (Å²) in [6.45, 7) is 8.29. The molecular formula is C28H29ClFN5O3. The van der Waals surface area contributed by atoms with Gasteiger partial charge in [-0.15, -0.1) is 0 Å². The molecule has 198 valence electrons. The van der Waals surface area contributed by atoms with Crippen LogP contribution in [0.2, 0.25) is 5.02 Å². The van der Waals surface area contributed by atoms with Crippen molar-refractivity contribution in [3.63, 3.8) is 0 Å². The first-order valence-corrected chi connectivity index (χ1v) is 12.6. The number of piperidine rings is 1. The minimum Gasteiger partial charge on any atom is -0.444 e. The van der Waals surface area contributed by atoms with Gasteiger partial charge in [-0.2, -0.15) is 5.10 Å². The average molecular weight is 538 g/mol. The molecule has 0 spiro atoms. The van der Waals surface area contributed by atoms with Gasteiger partial charge in [-0.3, -0.25) is 9.48 Å². The lowest BCUT2D eigenvalue weighted by Gasteiger charge is -2.33. The van der Waals surface area contributed by atoms with E-state index in [2.05, 4.69) is 27.2 Å². The first-order chi connectivity index (χ1) is 18.0. The molecule has 3 heterocycles. The molecule has 0 atom stereocenters. The summed E-state index contributed by atoms with van der Waals surface area (Å²) in [4.78, 5) is 31.6. The highest BCUT2D eigenvalue weighted by Gasteiger charge is 2.30. The average Bonchev–Trinajstić information content (AvgIpc) is 3.25. The second-order valence-electron chi connectivity index (χ2n) is 10.1. The molecule has 1 aliphatic heterocycles. The first kappa shape index (κ1) is 27.1. The van der Waals surface area contributed by atoms with Crippen LogP contribution >= 0.6 is 11.6 Å². The second-order valence-corrected chi connectivity index (χ2v) is 10.5. The summed E-state index contributed by atoms with van der Waals surface area (Å²) in [5, 5.41) is 7.41. The van der Waals surface area contributed by atoms with Gasteiger partial charge < -0.3 is 15.0 Å². The molecule has 0 bridgehead atoms. The minimum absolute atomic E-state index is 0.0971. The summed E-state index contributed by atoms with van der Waals surface area (Å²) in [6, 6.07) is 7.63. The molecule has 1 aliphatic rings. The molecule has 1 N–H and O–H groups in total. The molecular weight excluding hydrogens is 509 g/mol. The van der Waals surface area contributed by atoms with Gasteiger partial charge in [-0.05, 0) is 76.4 Å². The van der Waals surface area contributed by atoms with Crippen LogP contribution in [0.1, 0.15) is 66.8 Å². The number of pyridine rings is 1. The van der Waals surface area contributed by atoms with Gasteiger partial charge in [0.1, 0.15) is 22.9 Å². The van der Waals surface area contributed by atoms with Gasteiger partial charge in [0.2, 0.25) is 0 Å². The van der Waals surface area contributed by atoms with E-state index >= 15 is 0 Å². The maximum atomic E-state index is 13.2. The van der Waals surface area contributed by atoms with Crippen LogP contribution in [0.15, 0.2) is 42.7 Å². The van der Waals surface area contributed by atoms with Crippen molar-refractivity contribution < 1.29 is 18.7 Å². The monoisotopic (exact) mass is 537 g/mol. The Morgan fingerprint density at radius 3 is 2.39 bits per heavy atom. The van der Waals surface area contributed by atoms with Crippen molar-refractivity contribution in [2.45, 2.75) is 52.2 Å². The fourth-order valence-electron chi connectivity index (χ4n) is 4.07. The van der Waals surface area contributed by atoms with Crippen molar-refractivity contribution in [3.05, 3.63) is 75.9 Å². The van der Waals surface area contributed by atoms with E-state index in [-0.39, 0.29) is 28.7 Å². The summed E-state index contributed by atoms with van der Waals surface area (Å²) in [5.41, 5.74) is 1.74. The number of nitrogens with one attached hydrogen (secondary N) is 1. The summed E-state index contributed by atoms with van der Waals surface area (Å²) in [6.07, 6.45) is 3.88. The van der Waals surface area contributed by atoms with Gasteiger partial charge >= 0.3 is 6.09 Å². The molecule has 1 fully saturated rings. The predicted octanol–water partition coefficient (Wildman–Crippen LogP) is 5.60. The third kappa shape index (κ3) is 6.69. The van der Waals surface area contributed by atoms with Crippen LogP contribution in [0.4, 0.5) is 15.0 Å². The number of halogens is 2. The molecule has 0 radical (unpaired) electrons. The van der Waals surface area contributed by atoms with E-state index in [9.17, 15) is 14.0 Å². The van der Waals surface area contributed by atoms with Crippen molar-refractivity contribution in [1.82, 2.24) is 19.7 Å². The van der Waals surface area contributed by atoms with Crippen molar-refractivity contribution in [2.75, 3.05) is 18.4 Å². The maximum Gasteiger partial charge on any atom is 0.410 e. The number of likely N-dealkylation sites (tertiary alicyclic amines) is 1. The third-order valence-electron chi connectivity index (χ3n) is 5.93. The van der Waals surface area contributed by atoms with E-state index in [0.29, 0.717) is 42.9 Å². The van der Waals surface area contributed by atoms with Crippen LogP contribution in [-0.4, -0.2) is 50.4 Å². The molecule has 8 nitrogen and oxygen atoms in total. The molecule has 2 amide bonds. The summed E-state index contributed by atoms with van der Waals surface area (Å²) < 4.78 is 20.2. The molecule has 38 heavy (non-hydrogen) atoms. The van der Waals surface area contributed by atoms with Crippen LogP contribution < -0.4 is 5.32 Å². The van der Waals surface area contributed by atoms with E-state index < -0.39 is 11.5 Å². The highest BCUT2D eigenvalue weighted by molar-refractivity contribution is 6.34. The van der Waals surface area contributed by atoms with Crippen LogP contribution in [0, 0.1) is 24.6 Å². The fraction of sp³-hybridized carbons (Fsp3) is 0.357. The van der Waals surface area contributed by atoms with Crippen LogP contribution in [0.5, 0.6) is 0 Å². The number of benzene rings is 1. The number of hydrogen-bond acceptors (Lipinski definition) is 5. The number of carbonyl (C=O) groups is 2. The lowest BCUT2D eigenvalue weighted by Crippen LogP contribution is -2.42. The topological polar surface area (TPSA) is 89.4 Å². The molecule has 1 saturated heterocycles. The van der Waals surface area contributed by atoms with Crippen molar-refractivity contribution >= 4 is 29.4 Å². The Labute approximate surface area is 226 Å². The lowest BCUT2D eigenvalue weighted by atomic mass is 10.1. The molecule has 0 saturated carbocycles. The zero-order valence-electron chi connectivity index (χ0n) is 21.7. The van der Waals surface area contributed by atoms with E-state index in [1.54, 1.807) is 27.9 Å². The Morgan fingerprint density at radius 1 is 1.11 bits per heavy atom. The quantitative estimate of drug-likeness (QED) is 0.439. The van der Waals surface area contributed by atoms with Gasteiger partial charge in [0.15, 0.2) is 0 Å². The number of hydrogen-bond donors (Lipinski definition) is 1. The van der Waals surface area contributed by atoms with Gasteiger partial charge in [-0.1, -0.05) is 23.4 Å². The highest BCUT2D eigenvalue weighted by Crippen LogP contribution is 2.28. The molecule has 1 aromatic carbocycles. The SMILES string of the molecule is Cc1cc(C#Cc2ccc(F)cc2)cnc1NC(=O)c1c(Cl)cnn1C1CCN(C(=O)OC(C)(C)C)CC1. The highest BCUT2D eigenvalue weighted by atomic mass is 35.5. The zero-order valence-corrected chi connectivity index (χ0v) is 22.5. The van der Waals surface area contributed by atoms with E-state index in [4.69, 9.17) is 16.3 Å². The van der Waals surface area contributed by atoms with Gasteiger partial charge in [0.25, 0.3) is 5.91 Å². The van der Waals surface area contributed by atoms with Crippen molar-refractivity contribution in [3.8, 4) is 11.8 Å². The van der Waals surface area contributed by atoms with Gasteiger partial charge in [0, 0.05) is 30.4 Å². The second kappa shape index (κ2) is 11.2. The number of rotatable bonds is 3. The van der Waals surface area contributed by atoms with Crippen LogP contribution in [0.25, 0.3) is 0 Å². The Hall–Kier alpha value is -3.90. The van der Waals surface area contributed by atoms with Gasteiger partial charge in [-0.25, -0.2) is 14.2 Å². The molecule has 4 rings (SSSR count). The predicted molar refractivity (Wildman–Crippen MR) is 143 cm³/mol. The van der Waals surface area contributed by atoms with Gasteiger partial charge in [0.05, 0.1) is 17.3 Å². The Bertz CT molecular complexity index is 1390. The molecule has 0 aliphatic carbocycles. The third-order valence-corrected chi connectivity index (χ3v) is 6.21. The number of amides is 2. The minimum atomic E-state index is -0.561. The standard InChI is InChI=1S/C28H29ClFN5O3/c1-18-15-20(6-5-19-7-9-21(30)10-8-19)16-31-25(18)33-26(36)24-23(29)17-32-35(24)22-11-13-34(14-12-22)27(37)38-28(2,3)4/h7-10,15-17,22H,11-14H2,1-4H3,(H,31,33,36). The Kier molecular flexibility index (Phi) is 8.02. The first-order valence-electron chi connectivity index (χ1n) is 12.3. The molecule has 10 heteroatoms. The van der Waals surface area contributed by atoms with E-state index in [0.717, 1.165) is 5.56 Å². The summed E-state index contributed by atoms with van der Waals surface area (Å²) in [5.74, 6) is 5.59. The lowest BCUT2D eigenvalue weighted by molar-refractivity contribution is 0.0183. The molecule has 3 aromatic rings. The molecule has 0 unspecified atom stereocenters. The fourth-order valence-corrected chi connectivity index (χ4v) is 4.28. The summed E-state index contributed by atoms with van der Waals surface area (Å²) >= 11 is 6.36. The van der Waals surface area contributed by atoms with Crippen LogP contribution in [0.3, 0.4) is 0 Å². The number of carbonyl (C=O) groups excluding carboxylic acids is 2. The maximum absolute atomic E-state index is 13.2. The zero-order chi connectivity index (χ0) is 27.4. The largest absolute Gasteiger partial charge is 0.444 e. The number of aryl methyl sites for hydroxylation is 1. The normalized spacial score (nSPS) is 14.0. The van der Waals surface area contributed by atoms with Crippen molar-refractivity contribution in [1.29, 1.82) is 0 Å². The van der Waals surface area contributed by atoms with E-state index in [1.165, 1.54) is 18.3 Å². The number of aromatic nitrogens is 3. The Morgan fingerprint density at radius 2 is 1.76 bits per heavy atom. The smallest absolute Gasteiger partial charge is 0.410 e. The number of nitrogens with zero attached hydrogens (tertiary/aromatic N) is 4. The Balaban J connectivity index is 1.43.